The highest BCUT2D eigenvalue weighted by molar-refractivity contribution is 7.80. The van der Waals surface area contributed by atoms with Gasteiger partial charge in [0.1, 0.15) is 12.6 Å². The average Bonchev–Trinajstić information content (AvgIpc) is 2.87. The molecule has 0 aliphatic heterocycles. The van der Waals surface area contributed by atoms with E-state index in [2.05, 4.69) is 10.3 Å². The lowest BCUT2D eigenvalue weighted by atomic mass is 10.0. The fraction of sp³-hybridized carbons (Fsp3) is 0.231. The van der Waals surface area contributed by atoms with Gasteiger partial charge in [0.15, 0.2) is 11.4 Å². The number of amides is 1. The first-order chi connectivity index (χ1) is 17.3. The van der Waals surface area contributed by atoms with Crippen LogP contribution in [-0.4, -0.2) is 42.6 Å². The number of esters is 2. The molecule has 1 N–H and O–H groups in total. The molecule has 3 rings (SSSR count). The summed E-state index contributed by atoms with van der Waals surface area (Å²) in [6.45, 7) is 0.741. The van der Waals surface area contributed by atoms with E-state index in [0.717, 1.165) is 11.1 Å². The predicted molar refractivity (Wildman–Crippen MR) is 138 cm³/mol. The van der Waals surface area contributed by atoms with E-state index in [1.54, 1.807) is 18.2 Å². The molecule has 1 heterocycles. The van der Waals surface area contributed by atoms with Crippen molar-refractivity contribution in [2.75, 3.05) is 13.7 Å². The van der Waals surface area contributed by atoms with Crippen molar-refractivity contribution in [2.45, 2.75) is 24.7 Å². The summed E-state index contributed by atoms with van der Waals surface area (Å²) < 4.78 is 16.0. The van der Waals surface area contributed by atoms with Crippen molar-refractivity contribution < 1.29 is 28.6 Å². The Morgan fingerprint density at radius 3 is 2.50 bits per heavy atom. The smallest absolute Gasteiger partial charge is 0.325 e. The van der Waals surface area contributed by atoms with E-state index in [-0.39, 0.29) is 17.2 Å². The quantitative estimate of drug-likeness (QED) is 0.300. The molecule has 2 unspecified atom stereocenters. The molecule has 3 aromatic rings. The Bertz CT molecular complexity index is 1220. The topological polar surface area (TPSA) is 104 Å². The van der Waals surface area contributed by atoms with Crippen LogP contribution in [0.2, 0.25) is 5.02 Å². The van der Waals surface area contributed by atoms with Gasteiger partial charge >= 0.3 is 11.9 Å². The van der Waals surface area contributed by atoms with E-state index in [0.29, 0.717) is 11.4 Å². The molecule has 0 aliphatic rings. The number of nitrogens with one attached hydrogen (secondary N) is 1. The third-order valence-corrected chi connectivity index (χ3v) is 5.91. The number of hydrogen-bond acceptors (Lipinski definition) is 8. The Morgan fingerprint density at radius 1 is 1.08 bits per heavy atom. The van der Waals surface area contributed by atoms with Gasteiger partial charge in [-0.2, -0.15) is 12.6 Å². The SMILES string of the molecule is COc1ccnc(C(=O)NCC(=O)OC(Cc2ccccc2)C(S)c2cccc(Cl)c2)c1OC(C)=O. The van der Waals surface area contributed by atoms with Crippen molar-refractivity contribution >= 4 is 42.1 Å². The summed E-state index contributed by atoms with van der Waals surface area (Å²) in [5, 5.41) is 2.52. The summed E-state index contributed by atoms with van der Waals surface area (Å²) in [6.07, 6.45) is 1.07. The molecule has 10 heteroatoms. The highest BCUT2D eigenvalue weighted by Gasteiger charge is 2.26. The molecule has 0 bridgehead atoms. The van der Waals surface area contributed by atoms with Gasteiger partial charge in [0.05, 0.1) is 12.4 Å². The Balaban J connectivity index is 1.73. The summed E-state index contributed by atoms with van der Waals surface area (Å²) in [6, 6.07) is 18.1. The number of hydrogen-bond donors (Lipinski definition) is 2. The van der Waals surface area contributed by atoms with E-state index >= 15 is 0 Å². The maximum atomic E-state index is 12.7. The first kappa shape index (κ1) is 27.0. The molecule has 188 valence electrons. The largest absolute Gasteiger partial charge is 0.493 e. The second kappa shape index (κ2) is 12.9. The van der Waals surface area contributed by atoms with Crippen molar-refractivity contribution in [1.82, 2.24) is 10.3 Å². The lowest BCUT2D eigenvalue weighted by Gasteiger charge is -2.24. The van der Waals surface area contributed by atoms with Crippen LogP contribution >= 0.6 is 24.2 Å². The molecule has 0 aliphatic carbocycles. The molecule has 8 nitrogen and oxygen atoms in total. The van der Waals surface area contributed by atoms with Crippen LogP contribution in [-0.2, 0) is 20.7 Å². The van der Waals surface area contributed by atoms with E-state index < -0.39 is 35.7 Å². The molecule has 0 spiro atoms. The highest BCUT2D eigenvalue weighted by atomic mass is 35.5. The van der Waals surface area contributed by atoms with Crippen molar-refractivity contribution in [1.29, 1.82) is 0 Å². The Morgan fingerprint density at radius 2 is 1.83 bits per heavy atom. The summed E-state index contributed by atoms with van der Waals surface area (Å²) in [5.41, 5.74) is 1.53. The molecular formula is C26H25ClN2O6S. The monoisotopic (exact) mass is 528 g/mol. The van der Waals surface area contributed by atoms with Gasteiger partial charge in [-0.1, -0.05) is 54.1 Å². The number of aromatic nitrogens is 1. The number of benzene rings is 2. The van der Waals surface area contributed by atoms with Crippen LogP contribution in [0.3, 0.4) is 0 Å². The van der Waals surface area contributed by atoms with Gasteiger partial charge in [-0.05, 0) is 23.3 Å². The van der Waals surface area contributed by atoms with E-state index in [1.165, 1.54) is 26.3 Å². The first-order valence-corrected chi connectivity index (χ1v) is 11.8. The van der Waals surface area contributed by atoms with Crippen LogP contribution in [0.15, 0.2) is 66.9 Å². The van der Waals surface area contributed by atoms with Crippen molar-refractivity contribution in [3.8, 4) is 11.5 Å². The van der Waals surface area contributed by atoms with Crippen LogP contribution in [0, 0.1) is 0 Å². The number of thiol groups is 1. The molecule has 0 radical (unpaired) electrons. The molecule has 2 atom stereocenters. The maximum absolute atomic E-state index is 12.7. The lowest BCUT2D eigenvalue weighted by molar-refractivity contribution is -0.147. The third kappa shape index (κ3) is 7.47. The first-order valence-electron chi connectivity index (χ1n) is 10.9. The fourth-order valence-corrected chi connectivity index (χ4v) is 3.94. The minimum atomic E-state index is -0.737. The van der Waals surface area contributed by atoms with Crippen LogP contribution < -0.4 is 14.8 Å². The van der Waals surface area contributed by atoms with Gasteiger partial charge in [-0.25, -0.2) is 4.98 Å². The van der Waals surface area contributed by atoms with E-state index in [1.807, 2.05) is 36.4 Å². The summed E-state index contributed by atoms with van der Waals surface area (Å²) in [5.74, 6) is -2.06. The lowest BCUT2D eigenvalue weighted by Crippen LogP contribution is -2.35. The van der Waals surface area contributed by atoms with Crippen molar-refractivity contribution in [3.05, 3.63) is 88.7 Å². The number of carbonyl (C=O) groups is 3. The number of halogens is 1. The molecule has 1 aromatic heterocycles. The van der Waals surface area contributed by atoms with E-state index in [9.17, 15) is 14.4 Å². The molecule has 1 amide bonds. The van der Waals surface area contributed by atoms with Crippen molar-refractivity contribution in [2.24, 2.45) is 0 Å². The molecule has 0 saturated carbocycles. The van der Waals surface area contributed by atoms with Crippen LogP contribution in [0.25, 0.3) is 0 Å². The zero-order chi connectivity index (χ0) is 26.1. The van der Waals surface area contributed by atoms with Gasteiger partial charge < -0.3 is 19.5 Å². The summed E-state index contributed by atoms with van der Waals surface area (Å²) >= 11 is 10.8. The predicted octanol–water partition coefficient (Wildman–Crippen LogP) is 4.22. The van der Waals surface area contributed by atoms with E-state index in [4.69, 9.17) is 38.4 Å². The average molecular weight is 529 g/mol. The van der Waals surface area contributed by atoms with Gasteiger partial charge in [-0.3, -0.25) is 14.4 Å². The second-order valence-electron chi connectivity index (χ2n) is 7.69. The highest BCUT2D eigenvalue weighted by Crippen LogP contribution is 2.31. The maximum Gasteiger partial charge on any atom is 0.325 e. The Hall–Kier alpha value is -3.56. The summed E-state index contributed by atoms with van der Waals surface area (Å²) in [4.78, 5) is 40.9. The molecule has 2 aromatic carbocycles. The Labute approximate surface area is 219 Å². The molecular weight excluding hydrogens is 504 g/mol. The molecule has 36 heavy (non-hydrogen) atoms. The number of pyridine rings is 1. The van der Waals surface area contributed by atoms with Crippen molar-refractivity contribution in [3.63, 3.8) is 0 Å². The Kier molecular flexibility index (Phi) is 9.72. The minimum absolute atomic E-state index is 0.142. The third-order valence-electron chi connectivity index (χ3n) is 5.05. The van der Waals surface area contributed by atoms with Crippen LogP contribution in [0.5, 0.6) is 11.5 Å². The zero-order valence-electron chi connectivity index (χ0n) is 19.6. The standard InChI is InChI=1S/C26H25ClN2O6S/c1-16(30)34-24-20(33-2)11-12-28-23(24)26(32)29-15-22(31)35-21(13-17-7-4-3-5-8-17)25(36)18-9-6-10-19(27)14-18/h3-12,14,21,25,36H,13,15H2,1-2H3,(H,29,32). The number of methoxy groups -OCH3 is 1. The zero-order valence-corrected chi connectivity index (χ0v) is 21.3. The molecule has 0 saturated heterocycles. The van der Waals surface area contributed by atoms with Gasteiger partial charge in [-0.15, -0.1) is 0 Å². The van der Waals surface area contributed by atoms with Gasteiger partial charge in [0, 0.05) is 30.6 Å². The normalized spacial score (nSPS) is 12.2. The number of nitrogens with zero attached hydrogens (tertiary/aromatic N) is 1. The minimum Gasteiger partial charge on any atom is -0.493 e. The number of ether oxygens (including phenoxy) is 3. The van der Waals surface area contributed by atoms with Crippen LogP contribution in [0.4, 0.5) is 0 Å². The van der Waals surface area contributed by atoms with Crippen LogP contribution in [0.1, 0.15) is 33.8 Å². The second-order valence-corrected chi connectivity index (χ2v) is 8.68. The molecule has 0 fully saturated rings. The number of rotatable bonds is 10. The fourth-order valence-electron chi connectivity index (χ4n) is 3.41. The van der Waals surface area contributed by atoms with Gasteiger partial charge in [0.2, 0.25) is 5.75 Å². The van der Waals surface area contributed by atoms with Gasteiger partial charge in [0.25, 0.3) is 5.91 Å². The summed E-state index contributed by atoms with van der Waals surface area (Å²) in [7, 11) is 1.36. The number of carbonyl (C=O) groups excluding carboxylic acids is 3.